The number of hydrogen-bond acceptors (Lipinski definition) is 2. The second-order valence-electron chi connectivity index (χ2n) is 5.64. The van der Waals surface area contributed by atoms with Crippen molar-refractivity contribution >= 4 is 27.3 Å². The minimum atomic E-state index is -3.43. The van der Waals surface area contributed by atoms with E-state index in [1.165, 1.54) is 4.31 Å². The standard InChI is InChI=1S/C16H14ClNO2S/c17-15-9-5-4-8-14(15)16-10-12(16)11-18(21(16,19)20)13-6-2-1-3-7-13/h1-9,12H,10-11H2. The van der Waals surface area contributed by atoms with Crippen LogP contribution in [0, 0.1) is 5.92 Å². The zero-order valence-corrected chi connectivity index (χ0v) is 12.8. The van der Waals surface area contributed by atoms with E-state index in [0.29, 0.717) is 18.0 Å². The molecule has 108 valence electrons. The third-order valence-corrected chi connectivity index (χ3v) is 7.47. The molecule has 1 saturated heterocycles. The van der Waals surface area contributed by atoms with E-state index in [0.717, 1.165) is 11.3 Å². The summed E-state index contributed by atoms with van der Waals surface area (Å²) in [5.74, 6) is 0.127. The van der Waals surface area contributed by atoms with Gasteiger partial charge in [0.1, 0.15) is 4.75 Å². The Balaban J connectivity index is 1.84. The number of hydrogen-bond donors (Lipinski definition) is 0. The van der Waals surface area contributed by atoms with E-state index in [9.17, 15) is 8.42 Å². The highest BCUT2D eigenvalue weighted by molar-refractivity contribution is 7.94. The summed E-state index contributed by atoms with van der Waals surface area (Å²) in [5, 5.41) is 0.540. The highest BCUT2D eigenvalue weighted by atomic mass is 35.5. The van der Waals surface area contributed by atoms with Gasteiger partial charge >= 0.3 is 0 Å². The molecular weight excluding hydrogens is 306 g/mol. The van der Waals surface area contributed by atoms with Gasteiger partial charge < -0.3 is 0 Å². The Morgan fingerprint density at radius 1 is 1.05 bits per heavy atom. The van der Waals surface area contributed by atoms with Crippen molar-refractivity contribution in [2.45, 2.75) is 11.2 Å². The van der Waals surface area contributed by atoms with E-state index in [1.54, 1.807) is 6.07 Å². The fourth-order valence-corrected chi connectivity index (χ4v) is 6.33. The van der Waals surface area contributed by atoms with E-state index < -0.39 is 14.8 Å². The molecule has 21 heavy (non-hydrogen) atoms. The van der Waals surface area contributed by atoms with Crippen LogP contribution in [0.15, 0.2) is 54.6 Å². The van der Waals surface area contributed by atoms with Crippen LogP contribution in [-0.4, -0.2) is 15.0 Å². The summed E-state index contributed by atoms with van der Waals surface area (Å²) in [6.07, 6.45) is 0.669. The third-order valence-electron chi connectivity index (χ3n) is 4.56. The third kappa shape index (κ3) is 1.63. The summed E-state index contributed by atoms with van der Waals surface area (Å²) < 4.78 is 26.9. The average molecular weight is 320 g/mol. The van der Waals surface area contributed by atoms with Crippen molar-refractivity contribution < 1.29 is 8.42 Å². The number of benzene rings is 2. The molecule has 0 N–H and O–H groups in total. The van der Waals surface area contributed by atoms with E-state index >= 15 is 0 Å². The summed E-state index contributed by atoms with van der Waals surface area (Å²) in [6.45, 7) is 0.539. The van der Waals surface area contributed by atoms with Gasteiger partial charge in [-0.3, -0.25) is 4.31 Å². The first kappa shape index (κ1) is 13.2. The van der Waals surface area contributed by atoms with Gasteiger partial charge in [-0.1, -0.05) is 48.0 Å². The van der Waals surface area contributed by atoms with Crippen molar-refractivity contribution in [3.63, 3.8) is 0 Å². The molecule has 2 aromatic carbocycles. The van der Waals surface area contributed by atoms with Crippen molar-refractivity contribution in [2.75, 3.05) is 10.8 Å². The Morgan fingerprint density at radius 2 is 1.71 bits per heavy atom. The lowest BCUT2D eigenvalue weighted by Gasteiger charge is -2.24. The van der Waals surface area contributed by atoms with Crippen molar-refractivity contribution in [3.8, 4) is 0 Å². The van der Waals surface area contributed by atoms with Crippen LogP contribution in [0.5, 0.6) is 0 Å². The summed E-state index contributed by atoms with van der Waals surface area (Å²) in [4.78, 5) is 0. The first-order valence-corrected chi connectivity index (χ1v) is 8.71. The Hall–Kier alpha value is -1.52. The highest BCUT2D eigenvalue weighted by Gasteiger charge is 2.72. The largest absolute Gasteiger partial charge is 0.269 e. The second-order valence-corrected chi connectivity index (χ2v) is 8.17. The first-order valence-electron chi connectivity index (χ1n) is 6.90. The first-order chi connectivity index (χ1) is 10.1. The number of rotatable bonds is 2. The van der Waals surface area contributed by atoms with Crippen molar-refractivity contribution in [1.82, 2.24) is 0 Å². The molecule has 4 rings (SSSR count). The molecule has 0 spiro atoms. The van der Waals surface area contributed by atoms with E-state index in [2.05, 4.69) is 0 Å². The predicted octanol–water partition coefficient (Wildman–Crippen LogP) is 3.41. The zero-order chi connectivity index (χ0) is 14.7. The molecule has 3 nitrogen and oxygen atoms in total. The molecule has 0 amide bonds. The molecule has 2 unspecified atom stereocenters. The molecule has 2 fully saturated rings. The Labute approximate surface area is 129 Å². The maximum Gasteiger partial charge on any atom is 0.245 e. The Kier molecular flexibility index (Phi) is 2.66. The molecule has 2 aromatic rings. The van der Waals surface area contributed by atoms with Crippen molar-refractivity contribution in [1.29, 1.82) is 0 Å². The number of sulfonamides is 1. The Bertz CT molecular complexity index is 806. The molecule has 0 aromatic heterocycles. The lowest BCUT2D eigenvalue weighted by atomic mass is 10.1. The van der Waals surface area contributed by atoms with Crippen LogP contribution in [-0.2, 0) is 14.8 Å². The second kappa shape index (κ2) is 4.24. The summed E-state index contributed by atoms with van der Waals surface area (Å²) in [6, 6.07) is 16.6. The van der Waals surface area contributed by atoms with Crippen LogP contribution in [0.25, 0.3) is 0 Å². The predicted molar refractivity (Wildman–Crippen MR) is 83.9 cm³/mol. The lowest BCUT2D eigenvalue weighted by molar-refractivity contribution is 0.583. The zero-order valence-electron chi connectivity index (χ0n) is 11.2. The molecule has 1 saturated carbocycles. The van der Waals surface area contributed by atoms with Crippen LogP contribution in [0.4, 0.5) is 5.69 Å². The van der Waals surface area contributed by atoms with Crippen LogP contribution >= 0.6 is 11.6 Å². The molecule has 2 aliphatic rings. The minimum absolute atomic E-state index is 0.127. The van der Waals surface area contributed by atoms with Gasteiger partial charge in [0.25, 0.3) is 0 Å². The summed E-state index contributed by atoms with van der Waals surface area (Å²) in [7, 11) is -3.43. The molecule has 2 atom stereocenters. The van der Waals surface area contributed by atoms with Gasteiger partial charge in [-0.15, -0.1) is 0 Å². The molecule has 0 bridgehead atoms. The summed E-state index contributed by atoms with van der Waals surface area (Å²) >= 11 is 6.26. The smallest absolute Gasteiger partial charge is 0.245 e. The van der Waals surface area contributed by atoms with Crippen molar-refractivity contribution in [3.05, 3.63) is 65.2 Å². The SMILES string of the molecule is O=S1(=O)N(c2ccccc2)CC2CC21c1ccccc1Cl. The quantitative estimate of drug-likeness (QED) is 0.850. The van der Waals surface area contributed by atoms with Crippen LogP contribution in [0.3, 0.4) is 0 Å². The van der Waals surface area contributed by atoms with E-state index in [4.69, 9.17) is 11.6 Å². The van der Waals surface area contributed by atoms with Gasteiger partial charge in [0.05, 0.1) is 5.69 Å². The molecule has 1 aliphatic carbocycles. The fraction of sp³-hybridized carbons (Fsp3) is 0.250. The Morgan fingerprint density at radius 3 is 2.43 bits per heavy atom. The molecule has 1 aliphatic heterocycles. The van der Waals surface area contributed by atoms with Gasteiger partial charge in [0, 0.05) is 17.5 Å². The van der Waals surface area contributed by atoms with Crippen LogP contribution < -0.4 is 4.31 Å². The van der Waals surface area contributed by atoms with Gasteiger partial charge in [-0.25, -0.2) is 8.42 Å². The van der Waals surface area contributed by atoms with Crippen LogP contribution in [0.1, 0.15) is 12.0 Å². The fourth-order valence-electron chi connectivity index (χ4n) is 3.44. The lowest BCUT2D eigenvalue weighted by Crippen LogP contribution is -2.33. The number of halogens is 1. The monoisotopic (exact) mass is 319 g/mol. The molecular formula is C16H14ClNO2S. The van der Waals surface area contributed by atoms with Gasteiger partial charge in [0.15, 0.2) is 0 Å². The van der Waals surface area contributed by atoms with E-state index in [-0.39, 0.29) is 5.92 Å². The number of nitrogens with zero attached hydrogens (tertiary/aromatic N) is 1. The van der Waals surface area contributed by atoms with Crippen LogP contribution in [0.2, 0.25) is 5.02 Å². The van der Waals surface area contributed by atoms with E-state index in [1.807, 2.05) is 48.5 Å². The summed E-state index contributed by atoms with van der Waals surface area (Å²) in [5.41, 5.74) is 1.48. The number of fused-ring (bicyclic) bond motifs is 1. The topological polar surface area (TPSA) is 37.4 Å². The van der Waals surface area contributed by atoms with Gasteiger partial charge in [-0.05, 0) is 30.2 Å². The maximum absolute atomic E-state index is 13.1. The maximum atomic E-state index is 13.1. The van der Waals surface area contributed by atoms with Gasteiger partial charge in [-0.2, -0.15) is 0 Å². The molecule has 0 radical (unpaired) electrons. The van der Waals surface area contributed by atoms with Crippen molar-refractivity contribution in [2.24, 2.45) is 5.92 Å². The number of para-hydroxylation sites is 1. The molecule has 5 heteroatoms. The highest BCUT2D eigenvalue weighted by Crippen LogP contribution is 2.65. The normalized spacial score (nSPS) is 29.2. The number of anilines is 1. The molecule has 1 heterocycles. The van der Waals surface area contributed by atoms with Gasteiger partial charge in [0.2, 0.25) is 10.0 Å². The average Bonchev–Trinajstić information content (AvgIpc) is 3.17. The minimum Gasteiger partial charge on any atom is -0.269 e.